The monoisotopic (exact) mass is 410 g/mol. The molecule has 3 aromatic rings. The Morgan fingerprint density at radius 1 is 1.03 bits per heavy atom. The molecule has 0 aliphatic heterocycles. The van der Waals surface area contributed by atoms with Crippen LogP contribution >= 0.6 is 0 Å². The molecular formula is C23H26N2O5. The lowest BCUT2D eigenvalue weighted by Gasteiger charge is -2.09. The first kappa shape index (κ1) is 21.2. The van der Waals surface area contributed by atoms with Gasteiger partial charge in [0.1, 0.15) is 17.1 Å². The molecule has 7 heteroatoms. The van der Waals surface area contributed by atoms with Gasteiger partial charge < -0.3 is 13.9 Å². The zero-order chi connectivity index (χ0) is 21.5. The number of hydrogen-bond donors (Lipinski definition) is 2. The van der Waals surface area contributed by atoms with Crippen molar-refractivity contribution in [2.24, 2.45) is 5.92 Å². The maximum atomic E-state index is 12.3. The van der Waals surface area contributed by atoms with Crippen molar-refractivity contribution in [2.75, 3.05) is 13.7 Å². The van der Waals surface area contributed by atoms with Crippen molar-refractivity contribution in [3.05, 3.63) is 59.9 Å². The summed E-state index contributed by atoms with van der Waals surface area (Å²) in [7, 11) is 1.58. The Kier molecular flexibility index (Phi) is 6.95. The molecule has 2 N–H and O–H groups in total. The van der Waals surface area contributed by atoms with Crippen LogP contribution in [0.5, 0.6) is 11.5 Å². The van der Waals surface area contributed by atoms with Crippen LogP contribution in [0.3, 0.4) is 0 Å². The molecule has 0 aliphatic carbocycles. The van der Waals surface area contributed by atoms with E-state index in [1.807, 2.05) is 6.07 Å². The maximum Gasteiger partial charge on any atom is 0.269 e. The van der Waals surface area contributed by atoms with Crippen LogP contribution in [0.2, 0.25) is 0 Å². The van der Waals surface area contributed by atoms with E-state index < -0.39 is 5.91 Å². The third-order valence-electron chi connectivity index (χ3n) is 4.61. The van der Waals surface area contributed by atoms with Crippen molar-refractivity contribution in [2.45, 2.75) is 26.7 Å². The van der Waals surface area contributed by atoms with Gasteiger partial charge in [0.2, 0.25) is 5.91 Å². The number of hydrogen-bond acceptors (Lipinski definition) is 5. The molecule has 0 bridgehead atoms. The molecule has 0 radical (unpaired) electrons. The molecule has 2 amide bonds. The van der Waals surface area contributed by atoms with Crippen molar-refractivity contribution >= 4 is 22.8 Å². The highest BCUT2D eigenvalue weighted by molar-refractivity contribution is 5.96. The Morgan fingerprint density at radius 2 is 1.77 bits per heavy atom. The number of carbonyl (C=O) groups excluding carboxylic acids is 2. The van der Waals surface area contributed by atoms with Gasteiger partial charge in [0.15, 0.2) is 0 Å². The summed E-state index contributed by atoms with van der Waals surface area (Å²) in [5.41, 5.74) is 6.64. The number of hydrazine groups is 1. The summed E-state index contributed by atoms with van der Waals surface area (Å²) in [6, 6.07) is 12.2. The van der Waals surface area contributed by atoms with Gasteiger partial charge in [0.25, 0.3) is 5.91 Å². The highest BCUT2D eigenvalue weighted by atomic mass is 16.5. The summed E-state index contributed by atoms with van der Waals surface area (Å²) in [5, 5.41) is 0.824. The molecule has 1 heterocycles. The van der Waals surface area contributed by atoms with Gasteiger partial charge in [-0.05, 0) is 48.7 Å². The number of furan rings is 1. The highest BCUT2D eigenvalue weighted by Crippen LogP contribution is 2.25. The van der Waals surface area contributed by atoms with E-state index in [9.17, 15) is 9.59 Å². The van der Waals surface area contributed by atoms with Crippen molar-refractivity contribution in [3.63, 3.8) is 0 Å². The Hall–Kier alpha value is -3.48. The van der Waals surface area contributed by atoms with Crippen molar-refractivity contribution in [1.29, 1.82) is 0 Å². The molecule has 2 aromatic carbocycles. The predicted octanol–water partition coefficient (Wildman–Crippen LogP) is 3.87. The number of fused-ring (bicyclic) bond motifs is 1. The second kappa shape index (κ2) is 9.82. The number of carbonyl (C=O) groups is 2. The van der Waals surface area contributed by atoms with Gasteiger partial charge >= 0.3 is 0 Å². The van der Waals surface area contributed by atoms with Gasteiger partial charge in [0, 0.05) is 22.6 Å². The van der Waals surface area contributed by atoms with Crippen LogP contribution in [0, 0.1) is 5.92 Å². The van der Waals surface area contributed by atoms with Crippen LogP contribution in [-0.2, 0) is 11.2 Å². The third kappa shape index (κ3) is 5.53. The Balaban J connectivity index is 1.50. The lowest BCUT2D eigenvalue weighted by molar-refractivity contribution is -0.121. The first-order chi connectivity index (χ1) is 14.5. The van der Waals surface area contributed by atoms with E-state index >= 15 is 0 Å². The van der Waals surface area contributed by atoms with Gasteiger partial charge in [-0.2, -0.15) is 0 Å². The molecule has 0 saturated carbocycles. The molecule has 3 rings (SSSR count). The topological polar surface area (TPSA) is 89.8 Å². The van der Waals surface area contributed by atoms with Gasteiger partial charge in [-0.3, -0.25) is 20.4 Å². The molecule has 7 nitrogen and oxygen atoms in total. The van der Waals surface area contributed by atoms with Crippen LogP contribution in [-0.4, -0.2) is 25.5 Å². The summed E-state index contributed by atoms with van der Waals surface area (Å²) < 4.78 is 16.3. The zero-order valence-corrected chi connectivity index (χ0v) is 17.4. The average molecular weight is 410 g/mol. The van der Waals surface area contributed by atoms with Crippen LogP contribution in [0.15, 0.2) is 53.1 Å². The van der Waals surface area contributed by atoms with Crippen LogP contribution < -0.4 is 20.3 Å². The summed E-state index contributed by atoms with van der Waals surface area (Å²) in [6.45, 7) is 4.91. The van der Waals surface area contributed by atoms with E-state index in [0.29, 0.717) is 35.2 Å². The van der Waals surface area contributed by atoms with Crippen molar-refractivity contribution in [1.82, 2.24) is 10.9 Å². The lowest BCUT2D eigenvalue weighted by Crippen LogP contribution is -2.42. The first-order valence-corrected chi connectivity index (χ1v) is 9.82. The van der Waals surface area contributed by atoms with E-state index in [1.165, 1.54) is 6.26 Å². The fourth-order valence-electron chi connectivity index (χ4n) is 2.86. The Labute approximate surface area is 175 Å². The second-order valence-corrected chi connectivity index (χ2v) is 7.36. The molecular weight excluding hydrogens is 384 g/mol. The normalized spacial score (nSPS) is 10.8. The number of amides is 2. The number of ether oxygens (including phenoxy) is 2. The van der Waals surface area contributed by atoms with Gasteiger partial charge in [-0.1, -0.05) is 13.8 Å². The molecule has 0 spiro atoms. The quantitative estimate of drug-likeness (QED) is 0.550. The molecule has 0 fully saturated rings. The number of rotatable bonds is 8. The lowest BCUT2D eigenvalue weighted by atomic mass is 10.1. The Bertz CT molecular complexity index is 1010. The predicted molar refractivity (Wildman–Crippen MR) is 113 cm³/mol. The zero-order valence-electron chi connectivity index (χ0n) is 17.4. The smallest absolute Gasteiger partial charge is 0.269 e. The first-order valence-electron chi connectivity index (χ1n) is 9.82. The maximum absolute atomic E-state index is 12.3. The number of nitrogens with one attached hydrogen (secondary N) is 2. The summed E-state index contributed by atoms with van der Waals surface area (Å²) in [6.07, 6.45) is 2.57. The standard InChI is InChI=1S/C23H26N2O5/c1-15(2)10-11-29-18-6-4-16(5-7-18)23(27)25-24-22(26)12-17-14-30-21-13-19(28-3)8-9-20(17)21/h4-9,13-15H,10-12H2,1-3H3,(H,24,26)(H,25,27). The van der Waals surface area contributed by atoms with Crippen LogP contribution in [0.4, 0.5) is 0 Å². The molecule has 0 saturated heterocycles. The fraction of sp³-hybridized carbons (Fsp3) is 0.304. The molecule has 0 aliphatic rings. The fourth-order valence-corrected chi connectivity index (χ4v) is 2.86. The third-order valence-corrected chi connectivity index (χ3v) is 4.61. The Morgan fingerprint density at radius 3 is 2.47 bits per heavy atom. The minimum atomic E-state index is -0.404. The largest absolute Gasteiger partial charge is 0.497 e. The minimum Gasteiger partial charge on any atom is -0.497 e. The van der Waals surface area contributed by atoms with Gasteiger partial charge in [-0.15, -0.1) is 0 Å². The van der Waals surface area contributed by atoms with Gasteiger partial charge in [0.05, 0.1) is 26.4 Å². The summed E-state index contributed by atoms with van der Waals surface area (Å²) in [4.78, 5) is 24.5. The highest BCUT2D eigenvalue weighted by Gasteiger charge is 2.13. The molecule has 1 aromatic heterocycles. The average Bonchev–Trinajstić information content (AvgIpc) is 3.14. The van der Waals surface area contributed by atoms with E-state index in [0.717, 1.165) is 17.4 Å². The number of methoxy groups -OCH3 is 1. The van der Waals surface area contributed by atoms with Crippen LogP contribution in [0.25, 0.3) is 11.0 Å². The molecule has 0 atom stereocenters. The number of benzene rings is 2. The summed E-state index contributed by atoms with van der Waals surface area (Å²) >= 11 is 0. The van der Waals surface area contributed by atoms with E-state index in [1.54, 1.807) is 43.5 Å². The van der Waals surface area contributed by atoms with E-state index in [2.05, 4.69) is 24.7 Å². The van der Waals surface area contributed by atoms with Crippen molar-refractivity contribution < 1.29 is 23.5 Å². The van der Waals surface area contributed by atoms with Gasteiger partial charge in [-0.25, -0.2) is 0 Å². The second-order valence-electron chi connectivity index (χ2n) is 7.36. The minimum absolute atomic E-state index is 0.0717. The molecule has 158 valence electrons. The van der Waals surface area contributed by atoms with E-state index in [4.69, 9.17) is 13.9 Å². The van der Waals surface area contributed by atoms with Crippen molar-refractivity contribution in [3.8, 4) is 11.5 Å². The van der Waals surface area contributed by atoms with Crippen LogP contribution in [0.1, 0.15) is 36.2 Å². The summed E-state index contributed by atoms with van der Waals surface area (Å²) in [5.74, 6) is 1.20. The molecule has 0 unspecified atom stereocenters. The van der Waals surface area contributed by atoms with E-state index in [-0.39, 0.29) is 12.3 Å². The SMILES string of the molecule is COc1ccc2c(CC(=O)NNC(=O)c3ccc(OCCC(C)C)cc3)coc2c1. The molecule has 30 heavy (non-hydrogen) atoms.